The van der Waals surface area contributed by atoms with E-state index < -0.39 is 10.1 Å². The Hall–Kier alpha value is -1.11. The van der Waals surface area contributed by atoms with Crippen LogP contribution in [0.3, 0.4) is 0 Å². The summed E-state index contributed by atoms with van der Waals surface area (Å²) in [7, 11) is -1.77. The molecule has 0 aliphatic carbocycles. The molecule has 1 unspecified atom stereocenters. The summed E-state index contributed by atoms with van der Waals surface area (Å²) in [4.78, 5) is 2.06. The predicted octanol–water partition coefficient (Wildman–Crippen LogP) is 1.98. The van der Waals surface area contributed by atoms with Crippen molar-refractivity contribution in [1.29, 1.82) is 0 Å². The van der Waals surface area contributed by atoms with E-state index in [-0.39, 0.29) is 12.0 Å². The Labute approximate surface area is 120 Å². The first-order chi connectivity index (χ1) is 9.54. The zero-order valence-electron chi connectivity index (χ0n) is 11.9. The highest BCUT2D eigenvalue weighted by molar-refractivity contribution is 7.86. The molecule has 0 N–H and O–H groups in total. The van der Waals surface area contributed by atoms with Gasteiger partial charge in [0.05, 0.1) is 12.9 Å². The Balaban J connectivity index is 2.00. The summed E-state index contributed by atoms with van der Waals surface area (Å²) >= 11 is 0. The van der Waals surface area contributed by atoms with Crippen molar-refractivity contribution >= 4 is 10.1 Å². The van der Waals surface area contributed by atoms with Gasteiger partial charge >= 0.3 is 0 Å². The normalized spacial score (nSPS) is 20.2. The molecule has 1 saturated heterocycles. The fourth-order valence-corrected chi connectivity index (χ4v) is 2.98. The molecule has 1 fully saturated rings. The molecule has 2 rings (SSSR count). The van der Waals surface area contributed by atoms with Crippen molar-refractivity contribution in [2.45, 2.75) is 32.5 Å². The first-order valence-electron chi connectivity index (χ1n) is 6.82. The summed E-state index contributed by atoms with van der Waals surface area (Å²) in [6.45, 7) is 3.14. The lowest BCUT2D eigenvalue weighted by atomic mass is 10.2. The standard InChI is InChI=1S/C14H21NO4S/c1-3-20(16,17)19-14-5-4-10-15(14)11-12-6-8-13(18-2)9-7-12/h6-9,14H,3-5,10-11H2,1-2H3. The second-order valence-electron chi connectivity index (χ2n) is 4.86. The minimum absolute atomic E-state index is 0.0138. The van der Waals surface area contributed by atoms with Crippen molar-refractivity contribution in [1.82, 2.24) is 4.90 Å². The molecule has 1 atom stereocenters. The van der Waals surface area contributed by atoms with Crippen LogP contribution in [0.5, 0.6) is 5.75 Å². The van der Waals surface area contributed by atoms with Crippen LogP contribution in [0.15, 0.2) is 24.3 Å². The van der Waals surface area contributed by atoms with E-state index in [9.17, 15) is 8.42 Å². The maximum atomic E-state index is 11.6. The van der Waals surface area contributed by atoms with Crippen LogP contribution in [-0.4, -0.2) is 39.0 Å². The Bertz CT molecular complexity index is 527. The lowest BCUT2D eigenvalue weighted by molar-refractivity contribution is 0.0611. The van der Waals surface area contributed by atoms with Crippen molar-refractivity contribution in [3.05, 3.63) is 29.8 Å². The van der Waals surface area contributed by atoms with Gasteiger partial charge in [0.2, 0.25) is 0 Å². The van der Waals surface area contributed by atoms with E-state index in [1.807, 2.05) is 24.3 Å². The molecule has 6 heteroatoms. The number of methoxy groups -OCH3 is 1. The third kappa shape index (κ3) is 3.94. The highest BCUT2D eigenvalue weighted by Gasteiger charge is 2.29. The monoisotopic (exact) mass is 299 g/mol. The van der Waals surface area contributed by atoms with Gasteiger partial charge in [-0.15, -0.1) is 0 Å². The average molecular weight is 299 g/mol. The molecule has 1 aromatic carbocycles. The average Bonchev–Trinajstić information content (AvgIpc) is 2.86. The first kappa shape index (κ1) is 15.3. The molecule has 1 aliphatic rings. The van der Waals surface area contributed by atoms with Crippen molar-refractivity contribution in [3.63, 3.8) is 0 Å². The zero-order chi connectivity index (χ0) is 14.6. The fourth-order valence-electron chi connectivity index (χ4n) is 2.29. The topological polar surface area (TPSA) is 55.8 Å². The highest BCUT2D eigenvalue weighted by atomic mass is 32.2. The Morgan fingerprint density at radius 3 is 2.60 bits per heavy atom. The van der Waals surface area contributed by atoms with Crippen molar-refractivity contribution in [2.75, 3.05) is 19.4 Å². The molecule has 0 spiro atoms. The summed E-state index contributed by atoms with van der Waals surface area (Å²) in [6, 6.07) is 7.79. The van der Waals surface area contributed by atoms with E-state index in [2.05, 4.69) is 4.90 Å². The lowest BCUT2D eigenvalue weighted by Gasteiger charge is -2.23. The van der Waals surface area contributed by atoms with E-state index in [0.29, 0.717) is 6.54 Å². The predicted molar refractivity (Wildman–Crippen MR) is 77.0 cm³/mol. The molecule has 1 aromatic rings. The molecule has 1 heterocycles. The summed E-state index contributed by atoms with van der Waals surface area (Å²) in [5, 5.41) is 0. The van der Waals surface area contributed by atoms with Gasteiger partial charge in [0.15, 0.2) is 0 Å². The Morgan fingerprint density at radius 2 is 2.00 bits per heavy atom. The van der Waals surface area contributed by atoms with E-state index in [1.165, 1.54) is 0 Å². The van der Waals surface area contributed by atoms with Crippen LogP contribution in [-0.2, 0) is 20.8 Å². The van der Waals surface area contributed by atoms with Crippen LogP contribution >= 0.6 is 0 Å². The third-order valence-corrected chi connectivity index (χ3v) is 4.68. The smallest absolute Gasteiger partial charge is 0.268 e. The largest absolute Gasteiger partial charge is 0.497 e. The lowest BCUT2D eigenvalue weighted by Crippen LogP contribution is -2.33. The second-order valence-corrected chi connectivity index (χ2v) is 6.74. The van der Waals surface area contributed by atoms with E-state index in [1.54, 1.807) is 14.0 Å². The first-order valence-corrected chi connectivity index (χ1v) is 8.40. The third-order valence-electron chi connectivity index (χ3n) is 3.46. The summed E-state index contributed by atoms with van der Waals surface area (Å²) in [6.07, 6.45) is 1.39. The number of nitrogens with zero attached hydrogens (tertiary/aromatic N) is 1. The SMILES string of the molecule is CCS(=O)(=O)OC1CCCN1Cc1ccc(OC)cc1. The molecule has 20 heavy (non-hydrogen) atoms. The van der Waals surface area contributed by atoms with Crippen LogP contribution in [0.1, 0.15) is 25.3 Å². The van der Waals surface area contributed by atoms with Gasteiger partial charge in [-0.2, -0.15) is 8.42 Å². The molecular weight excluding hydrogens is 278 g/mol. The van der Waals surface area contributed by atoms with Gasteiger partial charge in [0.1, 0.15) is 12.0 Å². The molecule has 0 amide bonds. The number of likely N-dealkylation sites (tertiary alicyclic amines) is 1. The molecule has 5 nitrogen and oxygen atoms in total. The Morgan fingerprint density at radius 1 is 1.30 bits per heavy atom. The van der Waals surface area contributed by atoms with Gasteiger partial charge < -0.3 is 4.74 Å². The Kier molecular flexibility index (Phi) is 5.01. The van der Waals surface area contributed by atoms with Gasteiger partial charge in [-0.3, -0.25) is 9.08 Å². The second kappa shape index (κ2) is 6.56. The van der Waals surface area contributed by atoms with Crippen LogP contribution in [0.4, 0.5) is 0 Å². The van der Waals surface area contributed by atoms with Crippen LogP contribution in [0.2, 0.25) is 0 Å². The van der Waals surface area contributed by atoms with Gasteiger partial charge in [-0.05, 0) is 37.5 Å². The van der Waals surface area contributed by atoms with Gasteiger partial charge in [0, 0.05) is 13.1 Å². The molecule has 112 valence electrons. The molecule has 1 aliphatic heterocycles. The van der Waals surface area contributed by atoms with Crippen molar-refractivity contribution in [3.8, 4) is 5.75 Å². The highest BCUT2D eigenvalue weighted by Crippen LogP contribution is 2.23. The quantitative estimate of drug-likeness (QED) is 0.752. The summed E-state index contributed by atoms with van der Waals surface area (Å²) in [5.41, 5.74) is 1.12. The van der Waals surface area contributed by atoms with E-state index in [4.69, 9.17) is 8.92 Å². The fraction of sp³-hybridized carbons (Fsp3) is 0.571. The summed E-state index contributed by atoms with van der Waals surface area (Å²) < 4.78 is 33.5. The number of hydrogen-bond acceptors (Lipinski definition) is 5. The molecular formula is C14H21NO4S. The van der Waals surface area contributed by atoms with Crippen LogP contribution in [0.25, 0.3) is 0 Å². The van der Waals surface area contributed by atoms with E-state index >= 15 is 0 Å². The minimum atomic E-state index is -3.40. The maximum absolute atomic E-state index is 11.6. The molecule has 0 bridgehead atoms. The minimum Gasteiger partial charge on any atom is -0.497 e. The van der Waals surface area contributed by atoms with Gasteiger partial charge in [-0.1, -0.05) is 12.1 Å². The van der Waals surface area contributed by atoms with Crippen molar-refractivity contribution in [2.24, 2.45) is 0 Å². The molecule has 0 saturated carbocycles. The van der Waals surface area contributed by atoms with Gasteiger partial charge in [-0.25, -0.2) is 0 Å². The number of hydrogen-bond donors (Lipinski definition) is 0. The van der Waals surface area contributed by atoms with Crippen molar-refractivity contribution < 1.29 is 17.3 Å². The molecule has 0 aromatic heterocycles. The van der Waals surface area contributed by atoms with Gasteiger partial charge in [0.25, 0.3) is 10.1 Å². The zero-order valence-corrected chi connectivity index (χ0v) is 12.7. The number of benzene rings is 1. The number of rotatable bonds is 6. The number of ether oxygens (including phenoxy) is 1. The maximum Gasteiger partial charge on any atom is 0.268 e. The van der Waals surface area contributed by atoms with E-state index in [0.717, 1.165) is 30.7 Å². The van der Waals surface area contributed by atoms with Crippen LogP contribution in [0, 0.1) is 0 Å². The summed E-state index contributed by atoms with van der Waals surface area (Å²) in [5.74, 6) is 0.830. The molecule has 0 radical (unpaired) electrons. The van der Waals surface area contributed by atoms with Crippen LogP contribution < -0.4 is 4.74 Å².